The first kappa shape index (κ1) is 14.5. The third-order valence-corrected chi connectivity index (χ3v) is 3.59. The first-order valence-corrected chi connectivity index (χ1v) is 6.43. The maximum atomic E-state index is 13.7. The zero-order valence-corrected chi connectivity index (χ0v) is 12.3. The van der Waals surface area contributed by atoms with Crippen LogP contribution in [0.4, 0.5) is 4.39 Å². The highest BCUT2D eigenvalue weighted by Crippen LogP contribution is 2.27. The summed E-state index contributed by atoms with van der Waals surface area (Å²) in [5, 5.41) is 0. The number of imidazole rings is 1. The summed E-state index contributed by atoms with van der Waals surface area (Å²) in [7, 11) is 1.39. The van der Waals surface area contributed by atoms with Crippen LogP contribution in [0.1, 0.15) is 13.8 Å². The fourth-order valence-electron chi connectivity index (χ4n) is 1.94. The van der Waals surface area contributed by atoms with Crippen molar-refractivity contribution in [3.05, 3.63) is 22.7 Å². The molecule has 0 fully saturated rings. The van der Waals surface area contributed by atoms with Gasteiger partial charge >= 0.3 is 0 Å². The largest absolute Gasteiger partial charge is 0.494 e. The van der Waals surface area contributed by atoms with Crippen molar-refractivity contribution >= 4 is 29.2 Å². The summed E-state index contributed by atoms with van der Waals surface area (Å²) >= 11 is 5.22. The first-order chi connectivity index (χ1) is 9.26. The third-order valence-electron chi connectivity index (χ3n) is 3.27. The number of ether oxygens (including phenoxy) is 1. The number of rotatable bonds is 4. The molecule has 3 N–H and O–H groups in total. The molecule has 0 aliphatic carbocycles. The van der Waals surface area contributed by atoms with E-state index in [1.165, 1.54) is 13.2 Å². The summed E-state index contributed by atoms with van der Waals surface area (Å²) in [6, 6.07) is 2.87. The van der Waals surface area contributed by atoms with Gasteiger partial charge in [-0.3, -0.25) is 4.79 Å². The molecule has 5 nitrogen and oxygen atoms in total. The molecule has 0 unspecified atom stereocenters. The second-order valence-electron chi connectivity index (χ2n) is 5.27. The number of nitrogens with one attached hydrogen (secondary N) is 1. The fourth-order valence-corrected chi connectivity index (χ4v) is 2.22. The number of hydrogen-bond donors (Lipinski definition) is 2. The van der Waals surface area contributed by atoms with Crippen LogP contribution in [0.3, 0.4) is 0 Å². The van der Waals surface area contributed by atoms with Gasteiger partial charge in [0.05, 0.1) is 23.6 Å². The van der Waals surface area contributed by atoms with E-state index in [0.717, 1.165) is 0 Å². The molecule has 7 heteroatoms. The summed E-state index contributed by atoms with van der Waals surface area (Å²) < 4.78 is 20.8. The Labute approximate surface area is 120 Å². The molecule has 0 saturated heterocycles. The van der Waals surface area contributed by atoms with Crippen LogP contribution < -0.4 is 10.5 Å². The summed E-state index contributed by atoms with van der Waals surface area (Å²) in [6.45, 7) is 3.77. The number of amides is 1. The molecule has 1 amide bonds. The molecule has 2 aromatic rings. The zero-order chi connectivity index (χ0) is 15.1. The van der Waals surface area contributed by atoms with Crippen molar-refractivity contribution in [3.8, 4) is 5.75 Å². The van der Waals surface area contributed by atoms with Crippen LogP contribution in [0.2, 0.25) is 0 Å². The number of halogens is 1. The van der Waals surface area contributed by atoms with E-state index in [9.17, 15) is 9.18 Å². The molecule has 0 bridgehead atoms. The number of H-pyrrole nitrogens is 1. The van der Waals surface area contributed by atoms with Crippen LogP contribution in [-0.4, -0.2) is 22.6 Å². The van der Waals surface area contributed by atoms with Gasteiger partial charge in [-0.15, -0.1) is 0 Å². The molecule has 0 radical (unpaired) electrons. The van der Waals surface area contributed by atoms with E-state index in [2.05, 4.69) is 4.98 Å². The molecule has 1 aromatic heterocycles. The second kappa shape index (κ2) is 4.90. The van der Waals surface area contributed by atoms with Gasteiger partial charge in [-0.05, 0) is 26.1 Å². The van der Waals surface area contributed by atoms with Crippen molar-refractivity contribution in [2.24, 2.45) is 11.1 Å². The lowest BCUT2D eigenvalue weighted by molar-refractivity contribution is -0.126. The Morgan fingerprint density at radius 3 is 2.75 bits per heavy atom. The molecule has 20 heavy (non-hydrogen) atoms. The summed E-state index contributed by atoms with van der Waals surface area (Å²) in [5.74, 6) is -0.780. The Hall–Kier alpha value is -1.89. The molecule has 0 saturated carbocycles. The summed E-state index contributed by atoms with van der Waals surface area (Å²) in [5.41, 5.74) is 5.83. The Balaban J connectivity index is 2.62. The standard InChI is InChI=1S/C13H16FN3O2S/c1-13(2,11(15)18)6-17-9-5-10(19-3)7(14)4-8(9)16-12(17)20/h4-5H,6H2,1-3H3,(H2,15,18)(H,16,20). The number of hydrogen-bond acceptors (Lipinski definition) is 3. The molecule has 1 heterocycles. The van der Waals surface area contributed by atoms with Crippen LogP contribution in [0.5, 0.6) is 5.75 Å². The number of methoxy groups -OCH3 is 1. The predicted octanol–water partition coefficient (Wildman–Crippen LogP) is 2.36. The van der Waals surface area contributed by atoms with E-state index < -0.39 is 17.1 Å². The van der Waals surface area contributed by atoms with Crippen LogP contribution in [-0.2, 0) is 11.3 Å². The van der Waals surface area contributed by atoms with Crippen molar-refractivity contribution in [2.45, 2.75) is 20.4 Å². The smallest absolute Gasteiger partial charge is 0.224 e. The quantitative estimate of drug-likeness (QED) is 0.851. The molecular formula is C13H16FN3O2S. The van der Waals surface area contributed by atoms with Gasteiger partial charge in [-0.25, -0.2) is 4.39 Å². The van der Waals surface area contributed by atoms with E-state index in [4.69, 9.17) is 22.7 Å². The van der Waals surface area contributed by atoms with Gasteiger partial charge in [0.2, 0.25) is 5.91 Å². The first-order valence-electron chi connectivity index (χ1n) is 6.02. The number of nitrogens with two attached hydrogens (primary N) is 1. The maximum Gasteiger partial charge on any atom is 0.224 e. The number of carbonyl (C=O) groups is 1. The average Bonchev–Trinajstić information content (AvgIpc) is 2.63. The average molecular weight is 297 g/mol. The van der Waals surface area contributed by atoms with Crippen molar-refractivity contribution in [3.63, 3.8) is 0 Å². The zero-order valence-electron chi connectivity index (χ0n) is 11.5. The van der Waals surface area contributed by atoms with Gasteiger partial charge in [0, 0.05) is 18.7 Å². The number of benzene rings is 1. The fraction of sp³-hybridized carbons (Fsp3) is 0.385. The minimum absolute atomic E-state index is 0.122. The molecule has 0 spiro atoms. The lowest BCUT2D eigenvalue weighted by atomic mass is 9.92. The number of aromatic nitrogens is 2. The van der Waals surface area contributed by atoms with E-state index in [1.54, 1.807) is 24.5 Å². The highest BCUT2D eigenvalue weighted by molar-refractivity contribution is 7.71. The van der Waals surface area contributed by atoms with Gasteiger partial charge < -0.3 is 20.0 Å². The van der Waals surface area contributed by atoms with Gasteiger partial charge in [0.25, 0.3) is 0 Å². The minimum atomic E-state index is -0.769. The van der Waals surface area contributed by atoms with Gasteiger partial charge in [0.1, 0.15) is 0 Å². The number of carbonyl (C=O) groups excluding carboxylic acids is 1. The van der Waals surface area contributed by atoms with E-state index in [-0.39, 0.29) is 5.75 Å². The van der Waals surface area contributed by atoms with Gasteiger partial charge in [0.15, 0.2) is 16.3 Å². The molecule has 0 atom stereocenters. The predicted molar refractivity (Wildman–Crippen MR) is 76.6 cm³/mol. The maximum absolute atomic E-state index is 13.7. The third kappa shape index (κ3) is 2.40. The number of primary amides is 1. The minimum Gasteiger partial charge on any atom is -0.494 e. The SMILES string of the molecule is COc1cc2c(cc1F)[nH]c(=S)n2CC(C)(C)C(N)=O. The monoisotopic (exact) mass is 297 g/mol. The normalized spacial score (nSPS) is 11.8. The summed E-state index contributed by atoms with van der Waals surface area (Å²) in [4.78, 5) is 14.4. The van der Waals surface area contributed by atoms with Crippen molar-refractivity contribution < 1.29 is 13.9 Å². The summed E-state index contributed by atoms with van der Waals surface area (Å²) in [6.07, 6.45) is 0. The highest BCUT2D eigenvalue weighted by atomic mass is 32.1. The Kier molecular flexibility index (Phi) is 3.56. The van der Waals surface area contributed by atoms with Crippen LogP contribution in [0.25, 0.3) is 11.0 Å². The lowest BCUT2D eigenvalue weighted by Crippen LogP contribution is -2.35. The van der Waals surface area contributed by atoms with E-state index in [0.29, 0.717) is 22.3 Å². The van der Waals surface area contributed by atoms with Gasteiger partial charge in [-0.1, -0.05) is 0 Å². The van der Waals surface area contributed by atoms with Crippen molar-refractivity contribution in [1.82, 2.24) is 9.55 Å². The molecule has 0 aliphatic heterocycles. The molecule has 0 aliphatic rings. The Bertz CT molecular complexity index is 733. The Morgan fingerprint density at radius 2 is 2.20 bits per heavy atom. The van der Waals surface area contributed by atoms with E-state index in [1.807, 2.05) is 0 Å². The number of aromatic amines is 1. The molecular weight excluding hydrogens is 281 g/mol. The lowest BCUT2D eigenvalue weighted by Gasteiger charge is -2.21. The highest BCUT2D eigenvalue weighted by Gasteiger charge is 2.27. The number of nitrogens with zero attached hydrogens (tertiary/aromatic N) is 1. The molecule has 1 aromatic carbocycles. The van der Waals surface area contributed by atoms with Crippen molar-refractivity contribution in [1.29, 1.82) is 0 Å². The van der Waals surface area contributed by atoms with Crippen LogP contribution >= 0.6 is 12.2 Å². The van der Waals surface area contributed by atoms with Crippen LogP contribution in [0.15, 0.2) is 12.1 Å². The van der Waals surface area contributed by atoms with Crippen molar-refractivity contribution in [2.75, 3.05) is 7.11 Å². The number of fused-ring (bicyclic) bond motifs is 1. The second-order valence-corrected chi connectivity index (χ2v) is 5.66. The molecule has 2 rings (SSSR count). The van der Waals surface area contributed by atoms with Crippen LogP contribution in [0, 0.1) is 16.0 Å². The topological polar surface area (TPSA) is 73.0 Å². The molecule has 108 valence electrons. The van der Waals surface area contributed by atoms with E-state index >= 15 is 0 Å². The van der Waals surface area contributed by atoms with Gasteiger partial charge in [-0.2, -0.15) is 0 Å². The Morgan fingerprint density at radius 1 is 1.55 bits per heavy atom.